The summed E-state index contributed by atoms with van der Waals surface area (Å²) >= 11 is 0. The molecule has 8 nitrogen and oxygen atoms in total. The lowest BCUT2D eigenvalue weighted by atomic mass is 10.0. The number of rotatable bonds is 58. The molecule has 0 spiro atoms. The summed E-state index contributed by atoms with van der Waals surface area (Å²) in [4.78, 5) is 23.3. The molecule has 0 rings (SSSR count). The Hall–Kier alpha value is -1.02. The Morgan fingerprint density at radius 3 is 1.08 bits per heavy atom. The summed E-state index contributed by atoms with van der Waals surface area (Å²) in [6.07, 6.45) is 68.9. The second kappa shape index (κ2) is 53.8. The molecule has 0 heterocycles. The minimum absolute atomic E-state index is 0.0641. The molecule has 3 N–H and O–H groups in total. The third-order valence-electron chi connectivity index (χ3n) is 14.4. The highest BCUT2D eigenvalue weighted by molar-refractivity contribution is 7.47. The summed E-state index contributed by atoms with van der Waals surface area (Å²) in [6, 6.07) is -0.842. The molecule has 0 saturated heterocycles. The molecular weight excluding hydrogens is 900 g/mol. The van der Waals surface area contributed by atoms with E-state index in [0.717, 1.165) is 38.5 Å². The van der Waals surface area contributed by atoms with Crippen LogP contribution < -0.4 is 5.32 Å². The van der Waals surface area contributed by atoms with E-state index in [2.05, 4.69) is 31.3 Å². The topological polar surface area (TPSA) is 105 Å². The van der Waals surface area contributed by atoms with Crippen LogP contribution in [0.2, 0.25) is 0 Å². The van der Waals surface area contributed by atoms with Gasteiger partial charge >= 0.3 is 7.82 Å². The maximum absolute atomic E-state index is 13.0. The number of nitrogens with one attached hydrogen (secondary N) is 1. The number of aliphatic hydroxyl groups is 1. The Labute approximate surface area is 443 Å². The van der Waals surface area contributed by atoms with Gasteiger partial charge in [0.05, 0.1) is 39.9 Å². The molecule has 0 aliphatic heterocycles. The highest BCUT2D eigenvalue weighted by atomic mass is 31.2. The fraction of sp³-hybridized carbons (Fsp3) is 0.919. The van der Waals surface area contributed by atoms with Crippen LogP contribution in [0.4, 0.5) is 0 Å². The van der Waals surface area contributed by atoms with E-state index < -0.39 is 20.0 Å². The number of carbonyl (C=O) groups is 1. The van der Waals surface area contributed by atoms with Gasteiger partial charge in [0.2, 0.25) is 5.91 Å². The van der Waals surface area contributed by atoms with Crippen molar-refractivity contribution in [2.75, 3.05) is 40.9 Å². The van der Waals surface area contributed by atoms with Crippen molar-refractivity contribution in [3.63, 3.8) is 0 Å². The third kappa shape index (κ3) is 56.5. The summed E-state index contributed by atoms with van der Waals surface area (Å²) in [6.45, 7) is 4.84. The number of hydrogen-bond donors (Lipinski definition) is 3. The average Bonchev–Trinajstić information content (AvgIpc) is 3.33. The van der Waals surface area contributed by atoms with Crippen LogP contribution >= 0.6 is 7.82 Å². The van der Waals surface area contributed by atoms with Crippen molar-refractivity contribution in [1.29, 1.82) is 0 Å². The van der Waals surface area contributed by atoms with Gasteiger partial charge in [0.15, 0.2) is 0 Å². The van der Waals surface area contributed by atoms with Crippen LogP contribution in [0, 0.1) is 0 Å². The van der Waals surface area contributed by atoms with Crippen LogP contribution in [0.1, 0.15) is 316 Å². The fourth-order valence-corrected chi connectivity index (χ4v) is 10.2. The maximum Gasteiger partial charge on any atom is 0.472 e. The molecule has 1 amide bonds. The normalized spacial score (nSPS) is 14.0. The number of allylic oxidation sites excluding steroid dienone is 3. The van der Waals surface area contributed by atoms with Gasteiger partial charge in [-0.2, -0.15) is 0 Å². The lowest BCUT2D eigenvalue weighted by Crippen LogP contribution is -2.45. The van der Waals surface area contributed by atoms with Crippen molar-refractivity contribution in [1.82, 2.24) is 5.32 Å². The first-order valence-corrected chi connectivity index (χ1v) is 32.7. The molecule has 0 aromatic rings. The average molecular weight is 1020 g/mol. The summed E-state index contributed by atoms with van der Waals surface area (Å²) < 4.78 is 23.7. The Bertz CT molecular complexity index is 1210. The number of phosphoric ester groups is 1. The van der Waals surface area contributed by atoms with E-state index in [1.165, 1.54) is 257 Å². The molecule has 0 saturated carbocycles. The summed E-state index contributed by atoms with van der Waals surface area (Å²) in [5.74, 6) is -0.172. The highest BCUT2D eigenvalue weighted by Crippen LogP contribution is 2.43. The van der Waals surface area contributed by atoms with Gasteiger partial charge in [-0.05, 0) is 44.9 Å². The molecule has 0 aromatic heterocycles. The highest BCUT2D eigenvalue weighted by Gasteiger charge is 2.27. The van der Waals surface area contributed by atoms with E-state index in [-0.39, 0.29) is 19.1 Å². The third-order valence-corrected chi connectivity index (χ3v) is 15.4. The number of unbranched alkanes of at least 4 members (excludes halogenated alkanes) is 43. The van der Waals surface area contributed by atoms with Gasteiger partial charge in [-0.1, -0.05) is 289 Å². The van der Waals surface area contributed by atoms with Crippen molar-refractivity contribution < 1.29 is 32.9 Å². The number of nitrogens with zero attached hydrogens (tertiary/aromatic N) is 1. The zero-order valence-electron chi connectivity index (χ0n) is 48.2. The van der Waals surface area contributed by atoms with E-state index in [4.69, 9.17) is 9.05 Å². The molecule has 0 bridgehead atoms. The van der Waals surface area contributed by atoms with Gasteiger partial charge in [-0.25, -0.2) is 4.57 Å². The van der Waals surface area contributed by atoms with Crippen molar-refractivity contribution in [2.45, 2.75) is 328 Å². The summed E-state index contributed by atoms with van der Waals surface area (Å²) in [5, 5.41) is 13.9. The van der Waals surface area contributed by atoms with Crippen molar-refractivity contribution in [3.8, 4) is 0 Å². The molecule has 3 atom stereocenters. The van der Waals surface area contributed by atoms with E-state index in [9.17, 15) is 19.4 Å². The number of carbonyl (C=O) groups excluding carboxylic acids is 1. The molecule has 0 aromatic carbocycles. The van der Waals surface area contributed by atoms with Gasteiger partial charge < -0.3 is 19.8 Å². The largest absolute Gasteiger partial charge is 0.472 e. The second-order valence-corrected chi connectivity index (χ2v) is 24.2. The molecule has 71 heavy (non-hydrogen) atoms. The number of aliphatic hydroxyl groups excluding tert-OH is 1. The lowest BCUT2D eigenvalue weighted by molar-refractivity contribution is -0.870. The van der Waals surface area contributed by atoms with Gasteiger partial charge in [-0.15, -0.1) is 0 Å². The van der Waals surface area contributed by atoms with Crippen LogP contribution in [-0.2, 0) is 18.4 Å². The van der Waals surface area contributed by atoms with E-state index in [0.29, 0.717) is 17.4 Å². The predicted molar refractivity (Wildman–Crippen MR) is 309 cm³/mol. The molecule has 3 unspecified atom stereocenters. The lowest BCUT2D eigenvalue weighted by Gasteiger charge is -2.25. The van der Waals surface area contributed by atoms with Gasteiger partial charge in [0.25, 0.3) is 0 Å². The van der Waals surface area contributed by atoms with Crippen molar-refractivity contribution in [2.24, 2.45) is 0 Å². The monoisotopic (exact) mass is 1020 g/mol. The molecular formula is C62H124N2O6P+. The molecule has 0 aliphatic rings. The molecule has 0 aliphatic carbocycles. The Balaban J connectivity index is 3.86. The number of likely N-dealkylation sites (N-methyl/N-ethyl adjacent to an activating group) is 1. The molecule has 0 fully saturated rings. The van der Waals surface area contributed by atoms with Crippen LogP contribution in [0.15, 0.2) is 24.3 Å². The van der Waals surface area contributed by atoms with Crippen LogP contribution in [0.5, 0.6) is 0 Å². The molecule has 0 radical (unpaired) electrons. The fourth-order valence-electron chi connectivity index (χ4n) is 9.51. The maximum atomic E-state index is 13.0. The Morgan fingerprint density at radius 1 is 0.465 bits per heavy atom. The Kier molecular flexibility index (Phi) is 53.0. The number of amides is 1. The standard InChI is InChI=1S/C62H123N2O6P/c1-6-8-10-12-14-16-18-20-21-22-23-24-25-26-27-28-29-30-31-32-33-34-35-36-37-38-39-40-41-42-43-44-46-48-50-52-54-56-62(66)63-60(59-70-71(67,68)69-58-57-64(3,4)5)61(65)55-53-51-49-47-45-19-17-15-13-11-9-7-2/h22-23,53,55,60-61,65H,6-21,24-52,54,56-59H2,1-5H3,(H-,63,66,67,68)/p+1/b23-22-,55-53+. The number of quaternary nitrogens is 1. The SMILES string of the molecule is CCCCCCCCCC/C=C\CCCCCCCCCCCCCCCCCCCCCCCCCCCC(=O)NC(COP(=O)(O)OCC[N+](C)(C)C)C(O)/C=C/CCCCCCCCCCCC. The smallest absolute Gasteiger partial charge is 0.387 e. The van der Waals surface area contributed by atoms with E-state index in [1.807, 2.05) is 27.2 Å². The minimum atomic E-state index is -4.34. The van der Waals surface area contributed by atoms with Crippen LogP contribution in [-0.4, -0.2) is 73.4 Å². The minimum Gasteiger partial charge on any atom is -0.387 e. The summed E-state index contributed by atoms with van der Waals surface area (Å²) in [5.41, 5.74) is 0. The van der Waals surface area contributed by atoms with Crippen LogP contribution in [0.25, 0.3) is 0 Å². The first-order chi connectivity index (χ1) is 34.5. The predicted octanol–water partition coefficient (Wildman–Crippen LogP) is 19.2. The number of hydrogen-bond acceptors (Lipinski definition) is 5. The van der Waals surface area contributed by atoms with Gasteiger partial charge in [-0.3, -0.25) is 13.8 Å². The van der Waals surface area contributed by atoms with Gasteiger partial charge in [0.1, 0.15) is 13.2 Å². The molecule has 422 valence electrons. The van der Waals surface area contributed by atoms with Crippen molar-refractivity contribution in [3.05, 3.63) is 24.3 Å². The Morgan fingerprint density at radius 2 is 0.761 bits per heavy atom. The second-order valence-electron chi connectivity index (χ2n) is 22.8. The number of phosphoric acid groups is 1. The van der Waals surface area contributed by atoms with E-state index >= 15 is 0 Å². The van der Waals surface area contributed by atoms with Gasteiger partial charge in [0, 0.05) is 6.42 Å². The summed E-state index contributed by atoms with van der Waals surface area (Å²) in [7, 11) is 1.59. The molecule has 9 heteroatoms. The van der Waals surface area contributed by atoms with Crippen molar-refractivity contribution >= 4 is 13.7 Å². The first-order valence-electron chi connectivity index (χ1n) is 31.2. The zero-order valence-corrected chi connectivity index (χ0v) is 49.1. The first kappa shape index (κ1) is 70.0. The quantitative estimate of drug-likeness (QED) is 0.0243. The van der Waals surface area contributed by atoms with E-state index in [1.54, 1.807) is 6.08 Å². The van der Waals surface area contributed by atoms with Crippen LogP contribution in [0.3, 0.4) is 0 Å². The zero-order chi connectivity index (χ0) is 52.0.